The van der Waals surface area contributed by atoms with Crippen molar-refractivity contribution in [1.82, 2.24) is 14.7 Å². The lowest BCUT2D eigenvalue weighted by molar-refractivity contribution is -0.130. The van der Waals surface area contributed by atoms with Crippen LogP contribution in [0.15, 0.2) is 0 Å². The standard InChI is InChI=1S/C16H33N3O/c1-14-7-9-15(10-8-14)18(4)11-6-12-19(5)16(20)13-17(2)3/h14-15H,6-13H2,1-5H3. The van der Waals surface area contributed by atoms with Crippen LogP contribution in [-0.2, 0) is 4.79 Å². The van der Waals surface area contributed by atoms with Gasteiger partial charge in [-0.1, -0.05) is 6.92 Å². The zero-order valence-electron chi connectivity index (χ0n) is 14.1. The van der Waals surface area contributed by atoms with Crippen molar-refractivity contribution in [1.29, 1.82) is 0 Å². The van der Waals surface area contributed by atoms with Gasteiger partial charge in [0.1, 0.15) is 0 Å². The Kier molecular flexibility index (Phi) is 7.52. The summed E-state index contributed by atoms with van der Waals surface area (Å²) in [5, 5.41) is 0. The lowest BCUT2D eigenvalue weighted by atomic mass is 9.87. The van der Waals surface area contributed by atoms with Gasteiger partial charge in [0.2, 0.25) is 5.91 Å². The molecule has 0 heterocycles. The summed E-state index contributed by atoms with van der Waals surface area (Å²) in [7, 11) is 8.02. The maximum atomic E-state index is 11.8. The molecule has 0 aromatic rings. The van der Waals surface area contributed by atoms with Crippen molar-refractivity contribution in [3.63, 3.8) is 0 Å². The summed E-state index contributed by atoms with van der Waals surface area (Å²) >= 11 is 0. The van der Waals surface area contributed by atoms with E-state index in [4.69, 9.17) is 0 Å². The van der Waals surface area contributed by atoms with Crippen LogP contribution in [0.1, 0.15) is 39.0 Å². The Hall–Kier alpha value is -0.610. The first kappa shape index (κ1) is 17.4. The van der Waals surface area contributed by atoms with E-state index in [1.54, 1.807) is 0 Å². The first-order valence-corrected chi connectivity index (χ1v) is 7.99. The molecule has 1 fully saturated rings. The summed E-state index contributed by atoms with van der Waals surface area (Å²) in [6.45, 7) is 4.83. The van der Waals surface area contributed by atoms with Gasteiger partial charge in [0.05, 0.1) is 6.54 Å². The summed E-state index contributed by atoms with van der Waals surface area (Å²) < 4.78 is 0. The fraction of sp³-hybridized carbons (Fsp3) is 0.938. The van der Waals surface area contributed by atoms with Crippen molar-refractivity contribution in [2.24, 2.45) is 5.92 Å². The van der Waals surface area contributed by atoms with E-state index in [1.807, 2.05) is 30.9 Å². The van der Waals surface area contributed by atoms with Crippen LogP contribution in [0, 0.1) is 5.92 Å². The molecule has 0 bridgehead atoms. The molecule has 1 aliphatic rings. The second-order valence-electron chi connectivity index (χ2n) is 6.80. The summed E-state index contributed by atoms with van der Waals surface area (Å²) in [5.74, 6) is 1.12. The van der Waals surface area contributed by atoms with Gasteiger partial charge in [-0.05, 0) is 65.7 Å². The van der Waals surface area contributed by atoms with E-state index in [9.17, 15) is 4.79 Å². The lowest BCUT2D eigenvalue weighted by Crippen LogP contribution is -2.39. The zero-order valence-corrected chi connectivity index (χ0v) is 14.1. The van der Waals surface area contributed by atoms with E-state index >= 15 is 0 Å². The Morgan fingerprint density at radius 2 is 1.60 bits per heavy atom. The van der Waals surface area contributed by atoms with Gasteiger partial charge in [0, 0.05) is 19.6 Å². The minimum absolute atomic E-state index is 0.212. The Labute approximate surface area is 125 Å². The lowest BCUT2D eigenvalue weighted by Gasteiger charge is -2.34. The molecule has 4 heteroatoms. The quantitative estimate of drug-likeness (QED) is 0.714. The van der Waals surface area contributed by atoms with Crippen molar-refractivity contribution >= 4 is 5.91 Å². The molecule has 0 aliphatic heterocycles. The third kappa shape index (κ3) is 6.23. The normalized spacial score (nSPS) is 23.4. The topological polar surface area (TPSA) is 26.8 Å². The zero-order chi connectivity index (χ0) is 15.1. The molecular weight excluding hydrogens is 250 g/mol. The van der Waals surface area contributed by atoms with Crippen LogP contribution < -0.4 is 0 Å². The van der Waals surface area contributed by atoms with Gasteiger partial charge >= 0.3 is 0 Å². The first-order valence-electron chi connectivity index (χ1n) is 7.99. The number of hydrogen-bond acceptors (Lipinski definition) is 3. The summed E-state index contributed by atoms with van der Waals surface area (Å²) in [4.78, 5) is 18.1. The number of likely N-dealkylation sites (N-methyl/N-ethyl adjacent to an activating group) is 2. The fourth-order valence-electron chi connectivity index (χ4n) is 2.94. The van der Waals surface area contributed by atoms with Gasteiger partial charge in [-0.25, -0.2) is 0 Å². The van der Waals surface area contributed by atoms with Crippen LogP contribution in [0.4, 0.5) is 0 Å². The highest BCUT2D eigenvalue weighted by atomic mass is 16.2. The SMILES string of the molecule is CC1CCC(N(C)CCCN(C)C(=O)CN(C)C)CC1. The fourth-order valence-corrected chi connectivity index (χ4v) is 2.94. The Bertz CT molecular complexity index is 285. The van der Waals surface area contributed by atoms with Gasteiger partial charge in [-0.15, -0.1) is 0 Å². The molecule has 0 atom stereocenters. The third-order valence-electron chi connectivity index (χ3n) is 4.49. The van der Waals surface area contributed by atoms with Crippen LogP contribution in [0.25, 0.3) is 0 Å². The summed E-state index contributed by atoms with van der Waals surface area (Å²) in [5.41, 5.74) is 0. The summed E-state index contributed by atoms with van der Waals surface area (Å²) in [6.07, 6.45) is 6.49. The molecule has 0 saturated heterocycles. The van der Waals surface area contributed by atoms with Crippen molar-refractivity contribution < 1.29 is 4.79 Å². The van der Waals surface area contributed by atoms with Crippen molar-refractivity contribution in [2.45, 2.75) is 45.1 Å². The second kappa shape index (κ2) is 8.63. The highest BCUT2D eigenvalue weighted by Gasteiger charge is 2.21. The molecule has 0 N–H and O–H groups in total. The van der Waals surface area contributed by atoms with E-state index in [0.29, 0.717) is 6.54 Å². The third-order valence-corrected chi connectivity index (χ3v) is 4.49. The second-order valence-corrected chi connectivity index (χ2v) is 6.80. The van der Waals surface area contributed by atoms with Crippen molar-refractivity contribution in [3.8, 4) is 0 Å². The highest BCUT2D eigenvalue weighted by molar-refractivity contribution is 5.77. The molecule has 1 saturated carbocycles. The van der Waals surface area contributed by atoms with Crippen LogP contribution in [0.2, 0.25) is 0 Å². The Morgan fingerprint density at radius 1 is 1.00 bits per heavy atom. The Balaban J connectivity index is 2.18. The largest absolute Gasteiger partial charge is 0.345 e. The first-order chi connectivity index (χ1) is 9.40. The maximum Gasteiger partial charge on any atom is 0.236 e. The smallest absolute Gasteiger partial charge is 0.236 e. The molecule has 1 aliphatic carbocycles. The van der Waals surface area contributed by atoms with Crippen LogP contribution in [0.3, 0.4) is 0 Å². The molecule has 1 amide bonds. The van der Waals surface area contributed by atoms with Crippen LogP contribution >= 0.6 is 0 Å². The maximum absolute atomic E-state index is 11.8. The summed E-state index contributed by atoms with van der Waals surface area (Å²) in [6, 6.07) is 0.758. The highest BCUT2D eigenvalue weighted by Crippen LogP contribution is 2.26. The average Bonchev–Trinajstić information content (AvgIpc) is 2.38. The Morgan fingerprint density at radius 3 is 2.15 bits per heavy atom. The predicted molar refractivity (Wildman–Crippen MR) is 84.9 cm³/mol. The van der Waals surface area contributed by atoms with Gasteiger partial charge in [0.25, 0.3) is 0 Å². The number of carbonyl (C=O) groups is 1. The number of nitrogens with zero attached hydrogens (tertiary/aromatic N) is 3. The van der Waals surface area contributed by atoms with Gasteiger partial charge in [0.15, 0.2) is 0 Å². The van der Waals surface area contributed by atoms with Crippen molar-refractivity contribution in [3.05, 3.63) is 0 Å². The molecule has 0 radical (unpaired) electrons. The average molecular weight is 283 g/mol. The minimum Gasteiger partial charge on any atom is -0.345 e. The molecule has 20 heavy (non-hydrogen) atoms. The van der Waals surface area contributed by atoms with Gasteiger partial charge in [-0.2, -0.15) is 0 Å². The molecule has 1 rings (SSSR count). The predicted octanol–water partition coefficient (Wildman–Crippen LogP) is 1.91. The van der Waals surface area contributed by atoms with Crippen LogP contribution in [-0.4, -0.2) is 74.5 Å². The van der Waals surface area contributed by atoms with E-state index in [1.165, 1.54) is 25.7 Å². The van der Waals surface area contributed by atoms with Crippen LogP contribution in [0.5, 0.6) is 0 Å². The molecule has 118 valence electrons. The van der Waals surface area contributed by atoms with E-state index in [2.05, 4.69) is 18.9 Å². The number of amides is 1. The minimum atomic E-state index is 0.212. The molecule has 0 spiro atoms. The van der Waals surface area contributed by atoms with E-state index in [-0.39, 0.29) is 5.91 Å². The van der Waals surface area contributed by atoms with E-state index in [0.717, 1.165) is 31.5 Å². The van der Waals surface area contributed by atoms with Crippen molar-refractivity contribution in [2.75, 3.05) is 47.8 Å². The molecule has 4 nitrogen and oxygen atoms in total. The van der Waals surface area contributed by atoms with E-state index < -0.39 is 0 Å². The molecule has 0 aromatic heterocycles. The van der Waals surface area contributed by atoms with Gasteiger partial charge in [-0.3, -0.25) is 4.79 Å². The number of hydrogen-bond donors (Lipinski definition) is 0. The number of rotatable bonds is 7. The molecule has 0 aromatic carbocycles. The molecule has 0 unspecified atom stereocenters. The molecular formula is C16H33N3O. The monoisotopic (exact) mass is 283 g/mol. The van der Waals surface area contributed by atoms with Gasteiger partial charge < -0.3 is 14.7 Å². The number of carbonyl (C=O) groups excluding carboxylic acids is 1.